The molecule has 0 aliphatic carbocycles. The Morgan fingerprint density at radius 3 is 2.58 bits per heavy atom. The van der Waals surface area contributed by atoms with Crippen LogP contribution in [0.2, 0.25) is 0 Å². The summed E-state index contributed by atoms with van der Waals surface area (Å²) in [5, 5.41) is 9.91. The van der Waals surface area contributed by atoms with Crippen molar-refractivity contribution in [2.24, 2.45) is 0 Å². The van der Waals surface area contributed by atoms with Crippen LogP contribution in [-0.2, 0) is 11.2 Å². The zero-order chi connectivity index (χ0) is 18.1. The van der Waals surface area contributed by atoms with Crippen molar-refractivity contribution in [2.45, 2.75) is 6.42 Å². The zero-order valence-corrected chi connectivity index (χ0v) is 13.9. The molecule has 0 atom stereocenters. The molecule has 2 heterocycles. The fourth-order valence-electron chi connectivity index (χ4n) is 3.10. The maximum Gasteiger partial charge on any atom is 0.307 e. The number of carbonyl (C=O) groups is 1. The molecule has 0 aliphatic heterocycles. The summed E-state index contributed by atoms with van der Waals surface area (Å²) in [5.41, 5.74) is 12.2. The van der Waals surface area contributed by atoms with Crippen LogP contribution in [0.1, 0.15) is 5.56 Å². The fraction of sp³-hybridized carbons (Fsp3) is 0.0476. The average Bonchev–Trinajstić information content (AvgIpc) is 3.05. The number of fused-ring (bicyclic) bond motifs is 1. The Labute approximate surface area is 150 Å². The number of rotatable bonds is 4. The third kappa shape index (κ3) is 3.02. The van der Waals surface area contributed by atoms with Gasteiger partial charge in [-0.1, -0.05) is 36.4 Å². The smallest absolute Gasteiger partial charge is 0.307 e. The number of aromatic nitrogens is 2. The van der Waals surface area contributed by atoms with E-state index in [-0.39, 0.29) is 6.42 Å². The van der Waals surface area contributed by atoms with Crippen molar-refractivity contribution in [3.63, 3.8) is 0 Å². The summed E-state index contributed by atoms with van der Waals surface area (Å²) >= 11 is 0. The lowest BCUT2D eigenvalue weighted by molar-refractivity contribution is -0.136. The van der Waals surface area contributed by atoms with E-state index in [2.05, 4.69) is 16.0 Å². The lowest BCUT2D eigenvalue weighted by Gasteiger charge is -2.05. The summed E-state index contributed by atoms with van der Waals surface area (Å²) in [7, 11) is 0. The summed E-state index contributed by atoms with van der Waals surface area (Å²) in [5.74, 6) is -0.833. The maximum atomic E-state index is 10.8. The Morgan fingerprint density at radius 1 is 1.04 bits per heavy atom. The highest BCUT2D eigenvalue weighted by atomic mass is 16.4. The molecule has 0 saturated carbocycles. The molecule has 0 radical (unpaired) electrons. The second kappa shape index (κ2) is 6.37. The number of nitrogens with one attached hydrogen (secondary N) is 1. The van der Waals surface area contributed by atoms with Crippen molar-refractivity contribution in [1.82, 2.24) is 9.97 Å². The molecule has 128 valence electrons. The molecule has 2 aromatic carbocycles. The van der Waals surface area contributed by atoms with E-state index < -0.39 is 5.97 Å². The number of nitrogens with two attached hydrogens (primary N) is 1. The number of benzene rings is 2. The molecule has 4 aromatic rings. The van der Waals surface area contributed by atoms with Gasteiger partial charge in [0.05, 0.1) is 6.42 Å². The molecule has 0 unspecified atom stereocenters. The standard InChI is InChI=1S/C21H17N3O2/c22-17-3-1-2-15(9-17)16-10-18-19(12-24-21(18)23-11-16)14-6-4-13(5-7-14)8-20(25)26/h1-7,9-12H,8,22H2,(H,23,24)(H,25,26). The Hall–Kier alpha value is -3.60. The van der Waals surface area contributed by atoms with Crippen molar-refractivity contribution < 1.29 is 9.90 Å². The van der Waals surface area contributed by atoms with Crippen molar-refractivity contribution >= 4 is 22.7 Å². The van der Waals surface area contributed by atoms with Gasteiger partial charge in [0.25, 0.3) is 0 Å². The van der Waals surface area contributed by atoms with E-state index in [0.29, 0.717) is 5.69 Å². The minimum absolute atomic E-state index is 0.0231. The lowest BCUT2D eigenvalue weighted by Crippen LogP contribution is -1.99. The minimum atomic E-state index is -0.833. The van der Waals surface area contributed by atoms with E-state index in [1.54, 1.807) is 0 Å². The molecule has 4 N–H and O–H groups in total. The number of aliphatic carboxylic acids is 1. The molecular formula is C21H17N3O2. The first-order chi connectivity index (χ1) is 12.6. The normalized spacial score (nSPS) is 10.9. The van der Waals surface area contributed by atoms with Crippen molar-refractivity contribution in [3.05, 3.63) is 72.6 Å². The van der Waals surface area contributed by atoms with E-state index in [1.807, 2.05) is 60.9 Å². The highest BCUT2D eigenvalue weighted by Crippen LogP contribution is 2.31. The third-order valence-corrected chi connectivity index (χ3v) is 4.37. The fourth-order valence-corrected chi connectivity index (χ4v) is 3.10. The molecule has 0 fully saturated rings. The summed E-state index contributed by atoms with van der Waals surface area (Å²) in [4.78, 5) is 18.5. The van der Waals surface area contributed by atoms with E-state index in [0.717, 1.165) is 38.9 Å². The molecule has 0 amide bonds. The molecule has 4 rings (SSSR count). The van der Waals surface area contributed by atoms with E-state index >= 15 is 0 Å². The van der Waals surface area contributed by atoms with Gasteiger partial charge in [0.2, 0.25) is 0 Å². The molecule has 0 aliphatic rings. The molecule has 0 spiro atoms. The lowest BCUT2D eigenvalue weighted by atomic mass is 10.0. The number of nitrogens with zero attached hydrogens (tertiary/aromatic N) is 1. The van der Waals surface area contributed by atoms with Gasteiger partial charge in [-0.2, -0.15) is 0 Å². The van der Waals surface area contributed by atoms with Crippen LogP contribution in [0, 0.1) is 0 Å². The quantitative estimate of drug-likeness (QED) is 0.486. The number of anilines is 1. The number of nitrogen functional groups attached to an aromatic ring is 1. The van der Waals surface area contributed by atoms with Gasteiger partial charge < -0.3 is 15.8 Å². The average molecular weight is 343 g/mol. The van der Waals surface area contributed by atoms with Gasteiger partial charge in [-0.25, -0.2) is 4.98 Å². The Kier molecular flexibility index (Phi) is 3.89. The van der Waals surface area contributed by atoms with Crippen molar-refractivity contribution in [2.75, 3.05) is 5.73 Å². The molecular weight excluding hydrogens is 326 g/mol. The third-order valence-electron chi connectivity index (χ3n) is 4.37. The predicted octanol–water partition coefficient (Wildman–Crippen LogP) is 4.11. The summed E-state index contributed by atoms with van der Waals surface area (Å²) in [6, 6.07) is 17.4. The first-order valence-corrected chi connectivity index (χ1v) is 8.24. The topological polar surface area (TPSA) is 92.0 Å². The van der Waals surface area contributed by atoms with Crippen LogP contribution in [0.3, 0.4) is 0 Å². The monoisotopic (exact) mass is 343 g/mol. The van der Waals surface area contributed by atoms with Crippen LogP contribution in [0.5, 0.6) is 0 Å². The number of carboxylic acids is 1. The van der Waals surface area contributed by atoms with Gasteiger partial charge in [0.15, 0.2) is 0 Å². The maximum absolute atomic E-state index is 10.8. The predicted molar refractivity (Wildman–Crippen MR) is 103 cm³/mol. The number of pyridine rings is 1. The van der Waals surface area contributed by atoms with Gasteiger partial charge in [-0.3, -0.25) is 4.79 Å². The molecule has 5 nitrogen and oxygen atoms in total. The summed E-state index contributed by atoms with van der Waals surface area (Å²) < 4.78 is 0. The largest absolute Gasteiger partial charge is 0.481 e. The number of aromatic amines is 1. The Bertz CT molecular complexity index is 1100. The molecule has 0 saturated heterocycles. The summed E-state index contributed by atoms with van der Waals surface area (Å²) in [6.07, 6.45) is 3.77. The molecule has 26 heavy (non-hydrogen) atoms. The van der Waals surface area contributed by atoms with Crippen LogP contribution in [0.4, 0.5) is 5.69 Å². The van der Waals surface area contributed by atoms with Crippen LogP contribution in [-0.4, -0.2) is 21.0 Å². The highest BCUT2D eigenvalue weighted by Gasteiger charge is 2.10. The second-order valence-electron chi connectivity index (χ2n) is 6.22. The molecule has 0 bridgehead atoms. The van der Waals surface area contributed by atoms with Crippen molar-refractivity contribution in [3.8, 4) is 22.3 Å². The van der Waals surface area contributed by atoms with E-state index in [9.17, 15) is 4.79 Å². The Balaban J connectivity index is 1.76. The van der Waals surface area contributed by atoms with E-state index in [4.69, 9.17) is 10.8 Å². The van der Waals surface area contributed by atoms with Gasteiger partial charge in [-0.15, -0.1) is 0 Å². The van der Waals surface area contributed by atoms with Gasteiger partial charge in [-0.05, 0) is 34.9 Å². The van der Waals surface area contributed by atoms with Crippen LogP contribution in [0.25, 0.3) is 33.3 Å². The number of carboxylic acid groups (broad SMARTS) is 1. The Morgan fingerprint density at radius 2 is 1.85 bits per heavy atom. The number of hydrogen-bond acceptors (Lipinski definition) is 3. The first kappa shape index (κ1) is 15.9. The van der Waals surface area contributed by atoms with E-state index in [1.165, 1.54) is 0 Å². The van der Waals surface area contributed by atoms with Crippen LogP contribution in [0.15, 0.2) is 67.0 Å². The van der Waals surface area contributed by atoms with Crippen LogP contribution < -0.4 is 5.73 Å². The summed E-state index contributed by atoms with van der Waals surface area (Å²) in [6.45, 7) is 0. The first-order valence-electron chi connectivity index (χ1n) is 8.24. The molecule has 5 heteroatoms. The van der Waals surface area contributed by atoms with Crippen LogP contribution >= 0.6 is 0 Å². The second-order valence-corrected chi connectivity index (χ2v) is 6.22. The number of hydrogen-bond donors (Lipinski definition) is 3. The highest BCUT2D eigenvalue weighted by molar-refractivity contribution is 5.96. The van der Waals surface area contributed by atoms with Gasteiger partial charge in [0, 0.05) is 34.6 Å². The van der Waals surface area contributed by atoms with Gasteiger partial charge >= 0.3 is 5.97 Å². The zero-order valence-electron chi connectivity index (χ0n) is 13.9. The molecule has 2 aromatic heterocycles. The minimum Gasteiger partial charge on any atom is -0.481 e. The SMILES string of the molecule is Nc1cccc(-c2cnc3[nH]cc(-c4ccc(CC(=O)O)cc4)c3c2)c1. The number of H-pyrrole nitrogens is 1. The van der Waals surface area contributed by atoms with Gasteiger partial charge in [0.1, 0.15) is 5.65 Å². The van der Waals surface area contributed by atoms with Crippen molar-refractivity contribution in [1.29, 1.82) is 0 Å².